The van der Waals surface area contributed by atoms with Gasteiger partial charge < -0.3 is 9.64 Å². The fraction of sp³-hybridized carbons (Fsp3) is 0.562. The molecule has 26 heavy (non-hydrogen) atoms. The van der Waals surface area contributed by atoms with Gasteiger partial charge in [-0.1, -0.05) is 11.6 Å². The van der Waals surface area contributed by atoms with Crippen molar-refractivity contribution in [1.82, 2.24) is 4.90 Å². The molecule has 1 aromatic heterocycles. The van der Waals surface area contributed by atoms with Crippen LogP contribution in [0.15, 0.2) is 12.1 Å². The van der Waals surface area contributed by atoms with Crippen molar-refractivity contribution in [3.05, 3.63) is 21.3 Å². The maximum absolute atomic E-state index is 12.2. The van der Waals surface area contributed by atoms with E-state index in [1.807, 2.05) is 0 Å². The predicted molar refractivity (Wildman–Crippen MR) is 98.3 cm³/mol. The second-order valence-electron chi connectivity index (χ2n) is 5.92. The van der Waals surface area contributed by atoms with Crippen LogP contribution in [0.4, 0.5) is 0 Å². The number of halogens is 1. The van der Waals surface area contributed by atoms with Crippen LogP contribution in [0.25, 0.3) is 0 Å². The predicted octanol–water partition coefficient (Wildman–Crippen LogP) is 1.94. The lowest BCUT2D eigenvalue weighted by molar-refractivity contribution is -0.152. The number of carbonyl (C=O) groups excluding carboxylic acids is 3. The van der Waals surface area contributed by atoms with Crippen molar-refractivity contribution in [1.29, 1.82) is 0 Å². The second-order valence-corrected chi connectivity index (χ2v) is 9.87. The molecule has 0 bridgehead atoms. The van der Waals surface area contributed by atoms with Crippen LogP contribution in [0.5, 0.6) is 0 Å². The van der Waals surface area contributed by atoms with E-state index >= 15 is 0 Å². The molecule has 0 N–H and O–H groups in total. The van der Waals surface area contributed by atoms with Crippen molar-refractivity contribution in [3.8, 4) is 0 Å². The first-order chi connectivity index (χ1) is 12.2. The number of nitrogens with zero attached hydrogens (tertiary/aromatic N) is 1. The van der Waals surface area contributed by atoms with Gasteiger partial charge in [-0.25, -0.2) is 8.42 Å². The van der Waals surface area contributed by atoms with Crippen LogP contribution >= 0.6 is 22.9 Å². The molecule has 1 unspecified atom stereocenters. The number of ether oxygens (including phenoxy) is 1. The van der Waals surface area contributed by atoms with Crippen molar-refractivity contribution < 1.29 is 27.5 Å². The molecule has 1 aliphatic heterocycles. The van der Waals surface area contributed by atoms with Crippen LogP contribution in [0.1, 0.15) is 35.9 Å². The summed E-state index contributed by atoms with van der Waals surface area (Å²) in [4.78, 5) is 37.8. The molecule has 2 rings (SSSR count). The van der Waals surface area contributed by atoms with E-state index in [0.29, 0.717) is 22.2 Å². The lowest BCUT2D eigenvalue weighted by atomic mass is 10.2. The zero-order valence-electron chi connectivity index (χ0n) is 14.3. The second kappa shape index (κ2) is 8.96. The summed E-state index contributed by atoms with van der Waals surface area (Å²) in [5.74, 6) is -1.28. The fourth-order valence-electron chi connectivity index (χ4n) is 2.76. The normalized spacial score (nSPS) is 18.5. The quantitative estimate of drug-likeness (QED) is 0.470. The van der Waals surface area contributed by atoms with Crippen molar-refractivity contribution in [3.63, 3.8) is 0 Å². The van der Waals surface area contributed by atoms with Crippen LogP contribution in [0.3, 0.4) is 0 Å². The van der Waals surface area contributed by atoms with E-state index in [-0.39, 0.29) is 36.2 Å². The first-order valence-corrected chi connectivity index (χ1v) is 11.2. The molecule has 10 heteroatoms. The molecule has 0 aromatic carbocycles. The fourth-order valence-corrected chi connectivity index (χ4v) is 5.50. The molecule has 2 heterocycles. The van der Waals surface area contributed by atoms with E-state index in [4.69, 9.17) is 16.3 Å². The molecule has 0 radical (unpaired) electrons. The minimum absolute atomic E-state index is 0.0256. The summed E-state index contributed by atoms with van der Waals surface area (Å²) in [5, 5.41) is 0. The smallest absolute Gasteiger partial charge is 0.306 e. The number of ketones is 1. The van der Waals surface area contributed by atoms with Crippen molar-refractivity contribution in [2.24, 2.45) is 0 Å². The lowest BCUT2D eigenvalue weighted by Crippen LogP contribution is -2.43. The van der Waals surface area contributed by atoms with E-state index in [2.05, 4.69) is 0 Å². The van der Waals surface area contributed by atoms with Gasteiger partial charge in [0, 0.05) is 19.0 Å². The molecule has 0 spiro atoms. The Morgan fingerprint density at radius 2 is 2.04 bits per heavy atom. The van der Waals surface area contributed by atoms with E-state index in [1.54, 1.807) is 19.1 Å². The monoisotopic (exact) mass is 421 g/mol. The summed E-state index contributed by atoms with van der Waals surface area (Å²) in [7, 11) is -3.11. The number of likely N-dealkylation sites (N-methyl/N-ethyl adjacent to an activating group) is 1. The number of Topliss-reactive ketones (excluding diaryl/α,β-unsaturated/α-hetero) is 1. The minimum atomic E-state index is -3.11. The number of sulfone groups is 1. The van der Waals surface area contributed by atoms with Gasteiger partial charge in [-0.05, 0) is 25.5 Å². The van der Waals surface area contributed by atoms with Gasteiger partial charge in [0.2, 0.25) is 0 Å². The van der Waals surface area contributed by atoms with Gasteiger partial charge in [-0.3, -0.25) is 14.4 Å². The Morgan fingerprint density at radius 3 is 2.58 bits per heavy atom. The molecular weight excluding hydrogens is 402 g/mol. The summed E-state index contributed by atoms with van der Waals surface area (Å²) in [6.07, 6.45) is 0.238. The van der Waals surface area contributed by atoms with E-state index < -0.39 is 28.3 Å². The van der Waals surface area contributed by atoms with Crippen molar-refractivity contribution in [2.75, 3.05) is 24.7 Å². The molecule has 1 saturated heterocycles. The standard InChI is InChI=1S/C16H20ClNO6S2/c1-2-18(11-7-8-26(22,23)10-11)15(20)9-24-16(21)6-3-12(19)13-4-5-14(17)25-13/h4-5,11H,2-3,6-10H2,1H3. The van der Waals surface area contributed by atoms with Gasteiger partial charge in [0.1, 0.15) is 0 Å². The Hall–Kier alpha value is -1.45. The van der Waals surface area contributed by atoms with E-state index in [9.17, 15) is 22.8 Å². The highest BCUT2D eigenvalue weighted by Crippen LogP contribution is 2.23. The molecule has 1 atom stereocenters. The SMILES string of the molecule is CCN(C(=O)COC(=O)CCC(=O)c1ccc(Cl)s1)C1CCS(=O)(=O)C1. The van der Waals surface area contributed by atoms with Crippen molar-refractivity contribution >= 4 is 50.4 Å². The molecule has 144 valence electrons. The topological polar surface area (TPSA) is 97.8 Å². The highest BCUT2D eigenvalue weighted by Gasteiger charge is 2.34. The first kappa shape index (κ1) is 20.9. The summed E-state index contributed by atoms with van der Waals surface area (Å²) in [5.41, 5.74) is 0. The number of hydrogen-bond donors (Lipinski definition) is 0. The molecule has 1 fully saturated rings. The molecule has 1 amide bonds. The van der Waals surface area contributed by atoms with Crippen LogP contribution in [0.2, 0.25) is 4.34 Å². The third-order valence-electron chi connectivity index (χ3n) is 4.07. The number of esters is 1. The molecule has 1 aliphatic rings. The Morgan fingerprint density at radius 1 is 1.31 bits per heavy atom. The number of carbonyl (C=O) groups is 3. The number of thiophene rings is 1. The highest BCUT2D eigenvalue weighted by molar-refractivity contribution is 7.91. The average molecular weight is 422 g/mol. The van der Waals surface area contributed by atoms with Crippen LogP contribution in [-0.2, 0) is 24.2 Å². The zero-order chi connectivity index (χ0) is 19.3. The molecule has 0 aliphatic carbocycles. The Kier molecular flexibility index (Phi) is 7.19. The summed E-state index contributed by atoms with van der Waals surface area (Å²) >= 11 is 6.90. The highest BCUT2D eigenvalue weighted by atomic mass is 35.5. The number of rotatable bonds is 8. The van der Waals surface area contributed by atoms with Gasteiger partial charge in [0.05, 0.1) is 27.1 Å². The van der Waals surface area contributed by atoms with Crippen molar-refractivity contribution in [2.45, 2.75) is 32.2 Å². The molecule has 1 aromatic rings. The lowest BCUT2D eigenvalue weighted by Gasteiger charge is -2.26. The maximum Gasteiger partial charge on any atom is 0.306 e. The third-order valence-corrected chi connectivity index (χ3v) is 7.09. The Labute approximate surface area is 161 Å². The maximum atomic E-state index is 12.2. The van der Waals surface area contributed by atoms with Crippen LogP contribution in [-0.4, -0.2) is 61.7 Å². The molecule has 0 saturated carbocycles. The largest absolute Gasteiger partial charge is 0.456 e. The molecular formula is C16H20ClNO6S2. The van der Waals surface area contributed by atoms with Crippen LogP contribution in [0, 0.1) is 0 Å². The van der Waals surface area contributed by atoms with Gasteiger partial charge >= 0.3 is 5.97 Å². The van der Waals surface area contributed by atoms with Gasteiger partial charge in [0.25, 0.3) is 5.91 Å². The Bertz CT molecular complexity index is 788. The van der Waals surface area contributed by atoms with E-state index in [1.165, 1.54) is 4.90 Å². The zero-order valence-corrected chi connectivity index (χ0v) is 16.7. The summed E-state index contributed by atoms with van der Waals surface area (Å²) in [6.45, 7) is 1.63. The Balaban J connectivity index is 1.77. The van der Waals surface area contributed by atoms with Gasteiger partial charge in [-0.15, -0.1) is 11.3 Å². The number of hydrogen-bond acceptors (Lipinski definition) is 7. The number of amides is 1. The molecule has 7 nitrogen and oxygen atoms in total. The first-order valence-electron chi connectivity index (χ1n) is 8.16. The van der Waals surface area contributed by atoms with E-state index in [0.717, 1.165) is 11.3 Å². The summed E-state index contributed by atoms with van der Waals surface area (Å²) in [6, 6.07) is 2.83. The average Bonchev–Trinajstić information content (AvgIpc) is 3.17. The van der Waals surface area contributed by atoms with Gasteiger partial charge in [0.15, 0.2) is 22.2 Å². The summed E-state index contributed by atoms with van der Waals surface area (Å²) < 4.78 is 28.5. The van der Waals surface area contributed by atoms with Gasteiger partial charge in [-0.2, -0.15) is 0 Å². The third kappa shape index (κ3) is 5.78. The minimum Gasteiger partial charge on any atom is -0.456 e. The van der Waals surface area contributed by atoms with Crippen LogP contribution < -0.4 is 0 Å².